The van der Waals surface area contributed by atoms with E-state index >= 15 is 0 Å². The maximum Gasteiger partial charge on any atom is 0.246 e. The zero-order valence-electron chi connectivity index (χ0n) is 11.8. The van der Waals surface area contributed by atoms with Crippen molar-refractivity contribution in [3.05, 3.63) is 53.2 Å². The molecule has 0 aliphatic heterocycles. The third-order valence-electron chi connectivity index (χ3n) is 3.13. The van der Waals surface area contributed by atoms with Gasteiger partial charge in [0.2, 0.25) is 10.0 Å². The summed E-state index contributed by atoms with van der Waals surface area (Å²) in [7, 11) is -2.21. The van der Waals surface area contributed by atoms with E-state index in [9.17, 15) is 12.8 Å². The molecule has 0 saturated heterocycles. The predicted molar refractivity (Wildman–Crippen MR) is 76.4 cm³/mol. The molecule has 1 aromatic carbocycles. The van der Waals surface area contributed by atoms with Crippen LogP contribution in [0.2, 0.25) is 0 Å². The van der Waals surface area contributed by atoms with E-state index in [0.717, 1.165) is 0 Å². The van der Waals surface area contributed by atoms with E-state index in [1.165, 1.54) is 29.6 Å². The van der Waals surface area contributed by atoms with Gasteiger partial charge in [0.15, 0.2) is 0 Å². The highest BCUT2D eigenvalue weighted by atomic mass is 32.2. The minimum Gasteiger partial charge on any atom is -0.464 e. The lowest BCUT2D eigenvalue weighted by molar-refractivity contribution is 0.456. The van der Waals surface area contributed by atoms with Crippen LogP contribution in [-0.2, 0) is 23.1 Å². The van der Waals surface area contributed by atoms with Crippen molar-refractivity contribution in [1.82, 2.24) is 4.31 Å². The lowest BCUT2D eigenvalue weighted by Gasteiger charge is -2.16. The number of furan rings is 1. The molecule has 0 amide bonds. The van der Waals surface area contributed by atoms with Crippen LogP contribution in [0.15, 0.2) is 39.6 Å². The zero-order valence-corrected chi connectivity index (χ0v) is 12.7. The molecule has 0 aliphatic rings. The monoisotopic (exact) mass is 312 g/mol. The van der Waals surface area contributed by atoms with Crippen molar-refractivity contribution in [2.45, 2.75) is 24.9 Å². The maximum absolute atomic E-state index is 12.9. The molecule has 1 aromatic heterocycles. The first-order chi connectivity index (χ1) is 9.84. The van der Waals surface area contributed by atoms with E-state index in [-0.39, 0.29) is 23.8 Å². The molecule has 0 unspecified atom stereocenters. The zero-order chi connectivity index (χ0) is 15.6. The second-order valence-electron chi connectivity index (χ2n) is 4.72. The summed E-state index contributed by atoms with van der Waals surface area (Å²) in [4.78, 5) is 0.104. The van der Waals surface area contributed by atoms with Crippen molar-refractivity contribution in [3.8, 4) is 0 Å². The van der Waals surface area contributed by atoms with Gasteiger partial charge in [-0.25, -0.2) is 12.8 Å². The molecule has 0 aliphatic carbocycles. The Bertz CT molecular complexity index is 723. The highest BCUT2D eigenvalue weighted by Gasteiger charge is 2.26. The van der Waals surface area contributed by atoms with Gasteiger partial charge in [-0.15, -0.1) is 0 Å². The van der Waals surface area contributed by atoms with Crippen LogP contribution >= 0.6 is 0 Å². The molecule has 2 N–H and O–H groups in total. The predicted octanol–water partition coefficient (Wildman–Crippen LogP) is 2.01. The van der Waals surface area contributed by atoms with Crippen molar-refractivity contribution >= 4 is 10.0 Å². The van der Waals surface area contributed by atoms with Crippen LogP contribution in [0.25, 0.3) is 0 Å². The van der Waals surface area contributed by atoms with Crippen LogP contribution in [0.1, 0.15) is 17.1 Å². The number of halogens is 1. The summed E-state index contributed by atoms with van der Waals surface area (Å²) in [5.74, 6) is 0.366. The Hall–Kier alpha value is -1.70. The Morgan fingerprint density at radius 1 is 1.29 bits per heavy atom. The van der Waals surface area contributed by atoms with Gasteiger partial charge >= 0.3 is 0 Å². The average molecular weight is 312 g/mol. The molecule has 0 radical (unpaired) electrons. The van der Waals surface area contributed by atoms with Crippen LogP contribution in [0.3, 0.4) is 0 Å². The number of benzene rings is 1. The van der Waals surface area contributed by atoms with E-state index in [2.05, 4.69) is 0 Å². The summed E-state index contributed by atoms with van der Waals surface area (Å²) in [6.45, 7) is 1.86. The van der Waals surface area contributed by atoms with Crippen LogP contribution in [0.4, 0.5) is 4.39 Å². The second-order valence-corrected chi connectivity index (χ2v) is 6.74. The van der Waals surface area contributed by atoms with Crippen molar-refractivity contribution in [2.24, 2.45) is 5.73 Å². The van der Waals surface area contributed by atoms with Gasteiger partial charge in [0.25, 0.3) is 0 Å². The van der Waals surface area contributed by atoms with Gasteiger partial charge in [-0.2, -0.15) is 4.31 Å². The summed E-state index contributed by atoms with van der Waals surface area (Å²) in [5.41, 5.74) is 6.15. The Labute approximate surface area is 123 Å². The number of sulfonamides is 1. The van der Waals surface area contributed by atoms with Gasteiger partial charge in [0.1, 0.15) is 22.2 Å². The summed E-state index contributed by atoms with van der Waals surface area (Å²) < 4.78 is 44.3. The molecule has 7 heteroatoms. The summed E-state index contributed by atoms with van der Waals surface area (Å²) in [6.07, 6.45) is 0. The number of aryl methyl sites for hydroxylation is 1. The fraction of sp³-hybridized carbons (Fsp3) is 0.286. The molecule has 0 spiro atoms. The molecular weight excluding hydrogens is 295 g/mol. The van der Waals surface area contributed by atoms with Gasteiger partial charge in [-0.3, -0.25) is 0 Å². The van der Waals surface area contributed by atoms with E-state index in [1.807, 2.05) is 0 Å². The van der Waals surface area contributed by atoms with Crippen LogP contribution in [-0.4, -0.2) is 19.8 Å². The minimum atomic E-state index is -3.68. The number of hydrogen-bond donors (Lipinski definition) is 1. The fourth-order valence-corrected chi connectivity index (χ4v) is 3.32. The first-order valence-corrected chi connectivity index (χ1v) is 7.78. The molecule has 1 heterocycles. The number of nitrogens with zero attached hydrogens (tertiary/aromatic N) is 1. The van der Waals surface area contributed by atoms with Gasteiger partial charge in [-0.1, -0.05) is 12.1 Å². The van der Waals surface area contributed by atoms with E-state index in [0.29, 0.717) is 17.1 Å². The number of nitrogens with two attached hydrogens (primary N) is 1. The van der Waals surface area contributed by atoms with Gasteiger partial charge in [0.05, 0.1) is 6.54 Å². The molecule has 0 bridgehead atoms. The largest absolute Gasteiger partial charge is 0.464 e. The van der Waals surface area contributed by atoms with Crippen molar-refractivity contribution in [3.63, 3.8) is 0 Å². The summed E-state index contributed by atoms with van der Waals surface area (Å²) in [5, 5.41) is 0. The average Bonchev–Trinajstić information content (AvgIpc) is 2.83. The summed E-state index contributed by atoms with van der Waals surface area (Å²) in [6, 6.07) is 7.13. The second kappa shape index (κ2) is 5.97. The van der Waals surface area contributed by atoms with Crippen molar-refractivity contribution in [1.29, 1.82) is 0 Å². The SMILES string of the molecule is Cc1oc(CN)cc1S(=O)(=O)N(C)Cc1ccc(F)cc1. The normalized spacial score (nSPS) is 12.0. The third kappa shape index (κ3) is 3.31. The third-order valence-corrected chi connectivity index (χ3v) is 5.04. The standard InChI is InChI=1S/C14H17FN2O3S/c1-10-14(7-13(8-16)20-10)21(18,19)17(2)9-11-3-5-12(15)6-4-11/h3-7H,8-9,16H2,1-2H3. The molecule has 2 rings (SSSR count). The van der Waals surface area contributed by atoms with Crippen LogP contribution in [0, 0.1) is 12.7 Å². The Morgan fingerprint density at radius 3 is 2.43 bits per heavy atom. The fourth-order valence-electron chi connectivity index (χ4n) is 1.98. The highest BCUT2D eigenvalue weighted by Crippen LogP contribution is 2.23. The Morgan fingerprint density at radius 2 is 1.90 bits per heavy atom. The smallest absolute Gasteiger partial charge is 0.246 e. The molecule has 0 fully saturated rings. The van der Waals surface area contributed by atoms with E-state index in [4.69, 9.17) is 10.2 Å². The molecule has 0 saturated carbocycles. The number of rotatable bonds is 5. The molecule has 21 heavy (non-hydrogen) atoms. The molecular formula is C14H17FN2O3S. The van der Waals surface area contributed by atoms with E-state index < -0.39 is 10.0 Å². The molecule has 0 atom stereocenters. The lowest BCUT2D eigenvalue weighted by atomic mass is 10.2. The summed E-state index contributed by atoms with van der Waals surface area (Å²) >= 11 is 0. The van der Waals surface area contributed by atoms with Gasteiger partial charge in [0, 0.05) is 19.7 Å². The molecule has 5 nitrogen and oxygen atoms in total. The first kappa shape index (κ1) is 15.7. The van der Waals surface area contributed by atoms with Gasteiger partial charge in [-0.05, 0) is 24.6 Å². The first-order valence-electron chi connectivity index (χ1n) is 6.34. The quantitative estimate of drug-likeness (QED) is 0.916. The number of hydrogen-bond acceptors (Lipinski definition) is 4. The molecule has 114 valence electrons. The van der Waals surface area contributed by atoms with Crippen molar-refractivity contribution in [2.75, 3.05) is 7.05 Å². The van der Waals surface area contributed by atoms with Gasteiger partial charge < -0.3 is 10.2 Å². The highest BCUT2D eigenvalue weighted by molar-refractivity contribution is 7.89. The van der Waals surface area contributed by atoms with Crippen LogP contribution in [0.5, 0.6) is 0 Å². The topological polar surface area (TPSA) is 76.5 Å². The Balaban J connectivity index is 2.25. The maximum atomic E-state index is 12.9. The van der Waals surface area contributed by atoms with Crippen LogP contribution < -0.4 is 5.73 Å². The van der Waals surface area contributed by atoms with E-state index in [1.54, 1.807) is 19.1 Å². The Kier molecular flexibility index (Phi) is 4.46. The molecule has 2 aromatic rings. The van der Waals surface area contributed by atoms with Crippen molar-refractivity contribution < 1.29 is 17.2 Å². The minimum absolute atomic E-state index is 0.104. The lowest BCUT2D eigenvalue weighted by Crippen LogP contribution is -2.26.